The molecule has 0 unspecified atom stereocenters. The SMILES string of the molecule is C[C@@H](C(=O)NCCc1ccccc1)n1c2ccccc2c2cnn(C)c(=O)c21. The van der Waals surface area contributed by atoms with E-state index >= 15 is 0 Å². The Morgan fingerprint density at radius 1 is 1.07 bits per heavy atom. The average Bonchev–Trinajstić information content (AvgIpc) is 3.06. The molecule has 4 aromatic rings. The van der Waals surface area contributed by atoms with E-state index in [9.17, 15) is 9.59 Å². The summed E-state index contributed by atoms with van der Waals surface area (Å²) in [7, 11) is 1.62. The van der Waals surface area contributed by atoms with Gasteiger partial charge < -0.3 is 9.88 Å². The van der Waals surface area contributed by atoms with Crippen LogP contribution in [-0.2, 0) is 18.3 Å². The third-order valence-electron chi connectivity index (χ3n) is 5.13. The standard InChI is InChI=1S/C22H22N4O2/c1-15(21(27)23-13-12-16-8-4-3-5-9-16)26-19-11-7-6-10-17(19)18-14-24-25(2)22(28)20(18)26/h3-11,14-15H,12-13H2,1-2H3,(H,23,27)/t15-/m0/s1. The van der Waals surface area contributed by atoms with Crippen LogP contribution in [-0.4, -0.2) is 26.8 Å². The number of rotatable bonds is 5. The number of amides is 1. The van der Waals surface area contributed by atoms with Crippen LogP contribution in [0.3, 0.4) is 0 Å². The van der Waals surface area contributed by atoms with Gasteiger partial charge in [0.05, 0.1) is 11.7 Å². The summed E-state index contributed by atoms with van der Waals surface area (Å²) in [6, 6.07) is 17.2. The van der Waals surface area contributed by atoms with Crippen LogP contribution < -0.4 is 10.9 Å². The van der Waals surface area contributed by atoms with Crippen LogP contribution in [0.4, 0.5) is 0 Å². The second-order valence-electron chi connectivity index (χ2n) is 6.93. The summed E-state index contributed by atoms with van der Waals surface area (Å²) in [4.78, 5) is 25.7. The van der Waals surface area contributed by atoms with Crippen molar-refractivity contribution < 1.29 is 4.79 Å². The number of para-hydroxylation sites is 1. The predicted molar refractivity (Wildman–Crippen MR) is 110 cm³/mol. The molecular weight excluding hydrogens is 352 g/mol. The lowest BCUT2D eigenvalue weighted by molar-refractivity contribution is -0.123. The highest BCUT2D eigenvalue weighted by Crippen LogP contribution is 2.29. The molecule has 1 atom stereocenters. The Labute approximate surface area is 162 Å². The number of benzene rings is 2. The van der Waals surface area contributed by atoms with Gasteiger partial charge in [-0.05, 0) is 25.0 Å². The van der Waals surface area contributed by atoms with Gasteiger partial charge in [0.2, 0.25) is 5.91 Å². The van der Waals surface area contributed by atoms with Gasteiger partial charge in [0.25, 0.3) is 5.56 Å². The fraction of sp³-hybridized carbons (Fsp3) is 0.227. The van der Waals surface area contributed by atoms with Gasteiger partial charge in [0.1, 0.15) is 11.6 Å². The lowest BCUT2D eigenvalue weighted by Gasteiger charge is -2.16. The first kappa shape index (κ1) is 18.0. The van der Waals surface area contributed by atoms with E-state index in [1.54, 1.807) is 13.2 Å². The molecule has 0 saturated carbocycles. The number of aryl methyl sites for hydroxylation is 1. The number of fused-ring (bicyclic) bond motifs is 3. The molecule has 0 saturated heterocycles. The van der Waals surface area contributed by atoms with Crippen LogP contribution in [0, 0.1) is 0 Å². The predicted octanol–water partition coefficient (Wildman–Crippen LogP) is 2.81. The van der Waals surface area contributed by atoms with Crippen molar-refractivity contribution in [2.45, 2.75) is 19.4 Å². The Bertz CT molecular complexity index is 1210. The molecule has 0 aliphatic carbocycles. The van der Waals surface area contributed by atoms with E-state index in [0.29, 0.717) is 12.1 Å². The van der Waals surface area contributed by atoms with E-state index in [4.69, 9.17) is 0 Å². The molecule has 0 fully saturated rings. The Morgan fingerprint density at radius 3 is 2.57 bits per heavy atom. The first-order chi connectivity index (χ1) is 13.6. The van der Waals surface area contributed by atoms with Crippen molar-refractivity contribution in [2.24, 2.45) is 7.05 Å². The highest BCUT2D eigenvalue weighted by molar-refractivity contribution is 6.08. The number of carbonyl (C=O) groups is 1. The fourth-order valence-electron chi connectivity index (χ4n) is 3.63. The molecule has 6 nitrogen and oxygen atoms in total. The minimum Gasteiger partial charge on any atom is -0.354 e. The molecule has 28 heavy (non-hydrogen) atoms. The number of carbonyl (C=O) groups excluding carboxylic acids is 1. The van der Waals surface area contributed by atoms with Gasteiger partial charge in [0.15, 0.2) is 0 Å². The lowest BCUT2D eigenvalue weighted by atomic mass is 10.1. The Morgan fingerprint density at radius 2 is 1.79 bits per heavy atom. The zero-order valence-electron chi connectivity index (χ0n) is 15.9. The molecule has 0 radical (unpaired) electrons. The smallest absolute Gasteiger partial charge is 0.291 e. The van der Waals surface area contributed by atoms with Crippen molar-refractivity contribution in [3.8, 4) is 0 Å². The molecule has 0 spiro atoms. The number of aromatic nitrogens is 3. The largest absolute Gasteiger partial charge is 0.354 e. The van der Waals surface area contributed by atoms with E-state index in [-0.39, 0.29) is 11.5 Å². The van der Waals surface area contributed by atoms with Gasteiger partial charge in [0, 0.05) is 24.4 Å². The molecule has 6 heteroatoms. The summed E-state index contributed by atoms with van der Waals surface area (Å²) in [5.74, 6) is -0.113. The quantitative estimate of drug-likeness (QED) is 0.584. The maximum absolute atomic E-state index is 12.9. The highest BCUT2D eigenvalue weighted by atomic mass is 16.2. The minimum atomic E-state index is -0.520. The topological polar surface area (TPSA) is 68.9 Å². The van der Waals surface area contributed by atoms with E-state index in [1.165, 1.54) is 10.2 Å². The van der Waals surface area contributed by atoms with Crippen LogP contribution >= 0.6 is 0 Å². The molecule has 0 aliphatic rings. The third kappa shape index (κ3) is 3.07. The van der Waals surface area contributed by atoms with Crippen molar-refractivity contribution in [1.29, 1.82) is 0 Å². The molecule has 0 aliphatic heterocycles. The van der Waals surface area contributed by atoms with Gasteiger partial charge in [-0.25, -0.2) is 4.68 Å². The molecule has 2 heterocycles. The van der Waals surface area contributed by atoms with E-state index in [2.05, 4.69) is 10.4 Å². The molecule has 2 aromatic carbocycles. The molecule has 1 amide bonds. The van der Waals surface area contributed by atoms with Crippen LogP contribution in [0.5, 0.6) is 0 Å². The zero-order chi connectivity index (χ0) is 19.7. The Balaban J connectivity index is 1.68. The van der Waals surface area contributed by atoms with Gasteiger partial charge >= 0.3 is 0 Å². The van der Waals surface area contributed by atoms with Crippen molar-refractivity contribution in [2.75, 3.05) is 6.54 Å². The number of nitrogens with zero attached hydrogens (tertiary/aromatic N) is 3. The van der Waals surface area contributed by atoms with Gasteiger partial charge in [-0.2, -0.15) is 5.10 Å². The van der Waals surface area contributed by atoms with Gasteiger partial charge in [-0.1, -0.05) is 48.5 Å². The molecule has 1 N–H and O–H groups in total. The van der Waals surface area contributed by atoms with Crippen LogP contribution in [0.1, 0.15) is 18.5 Å². The summed E-state index contributed by atoms with van der Waals surface area (Å²) in [6.45, 7) is 2.37. The minimum absolute atomic E-state index is 0.113. The van der Waals surface area contributed by atoms with Crippen molar-refractivity contribution >= 4 is 27.7 Å². The van der Waals surface area contributed by atoms with Crippen LogP contribution in [0.15, 0.2) is 65.6 Å². The molecular formula is C22H22N4O2. The van der Waals surface area contributed by atoms with Crippen molar-refractivity contribution in [3.63, 3.8) is 0 Å². The fourth-order valence-corrected chi connectivity index (χ4v) is 3.63. The summed E-state index contributed by atoms with van der Waals surface area (Å²) < 4.78 is 3.13. The molecule has 0 bridgehead atoms. The zero-order valence-corrected chi connectivity index (χ0v) is 15.9. The first-order valence-corrected chi connectivity index (χ1v) is 9.34. The van der Waals surface area contributed by atoms with Crippen molar-refractivity contribution in [1.82, 2.24) is 19.7 Å². The Hall–Kier alpha value is -3.41. The monoisotopic (exact) mass is 374 g/mol. The summed E-state index contributed by atoms with van der Waals surface area (Å²) in [5, 5.41) is 8.84. The van der Waals surface area contributed by atoms with Crippen molar-refractivity contribution in [3.05, 3.63) is 76.7 Å². The highest BCUT2D eigenvalue weighted by Gasteiger charge is 2.22. The van der Waals surface area contributed by atoms with E-state index in [0.717, 1.165) is 22.7 Å². The van der Waals surface area contributed by atoms with Crippen LogP contribution in [0.2, 0.25) is 0 Å². The average molecular weight is 374 g/mol. The van der Waals surface area contributed by atoms with E-state index in [1.807, 2.05) is 66.1 Å². The second-order valence-corrected chi connectivity index (χ2v) is 6.93. The second kappa shape index (κ2) is 7.31. The normalized spacial score (nSPS) is 12.4. The number of hydrogen-bond acceptors (Lipinski definition) is 3. The number of nitrogens with one attached hydrogen (secondary N) is 1. The maximum atomic E-state index is 12.9. The summed E-state index contributed by atoms with van der Waals surface area (Å²) in [6.07, 6.45) is 2.45. The lowest BCUT2D eigenvalue weighted by Crippen LogP contribution is -2.33. The number of hydrogen-bond donors (Lipinski definition) is 1. The first-order valence-electron chi connectivity index (χ1n) is 9.34. The molecule has 4 rings (SSSR count). The maximum Gasteiger partial charge on any atom is 0.291 e. The molecule has 2 aromatic heterocycles. The summed E-state index contributed by atoms with van der Waals surface area (Å²) in [5.41, 5.74) is 2.32. The van der Waals surface area contributed by atoms with Crippen LogP contribution in [0.25, 0.3) is 21.8 Å². The Kier molecular flexibility index (Phi) is 4.69. The van der Waals surface area contributed by atoms with Gasteiger partial charge in [-0.15, -0.1) is 0 Å². The molecule has 142 valence electrons. The van der Waals surface area contributed by atoms with Gasteiger partial charge in [-0.3, -0.25) is 9.59 Å². The summed E-state index contributed by atoms with van der Waals surface area (Å²) >= 11 is 0. The van der Waals surface area contributed by atoms with E-state index < -0.39 is 6.04 Å². The third-order valence-corrected chi connectivity index (χ3v) is 5.13.